The predicted molar refractivity (Wildman–Crippen MR) is 107 cm³/mol. The summed E-state index contributed by atoms with van der Waals surface area (Å²) in [4.78, 5) is 35.5. The van der Waals surface area contributed by atoms with Crippen LogP contribution in [0.5, 0.6) is 0 Å². The maximum atomic E-state index is 12.3. The van der Waals surface area contributed by atoms with Gasteiger partial charge >= 0.3 is 5.97 Å². The molecule has 0 bridgehead atoms. The van der Waals surface area contributed by atoms with Crippen LogP contribution in [0.25, 0.3) is 0 Å². The topological polar surface area (TPSA) is 105 Å². The molecule has 1 atom stereocenters. The van der Waals surface area contributed by atoms with Crippen LogP contribution < -0.4 is 10.6 Å². The molecule has 7 heteroatoms. The second kappa shape index (κ2) is 9.84. The first-order valence-corrected chi connectivity index (χ1v) is 9.59. The number of ether oxygens (including phenoxy) is 1. The van der Waals surface area contributed by atoms with Crippen molar-refractivity contribution in [1.29, 1.82) is 0 Å². The molecule has 1 aliphatic heterocycles. The Balaban J connectivity index is 1.50. The van der Waals surface area contributed by atoms with Crippen LogP contribution in [0, 0.1) is 0 Å². The average molecular weight is 396 g/mol. The van der Waals surface area contributed by atoms with E-state index in [1.807, 2.05) is 6.07 Å². The van der Waals surface area contributed by atoms with Crippen LogP contribution in [-0.2, 0) is 22.5 Å². The van der Waals surface area contributed by atoms with Crippen molar-refractivity contribution in [2.24, 2.45) is 0 Å². The van der Waals surface area contributed by atoms with Crippen molar-refractivity contribution in [3.05, 3.63) is 70.8 Å². The van der Waals surface area contributed by atoms with Gasteiger partial charge in [0.1, 0.15) is 0 Å². The number of rotatable bonds is 8. The number of carboxylic acids is 1. The summed E-state index contributed by atoms with van der Waals surface area (Å²) in [6.45, 7) is 1.52. The van der Waals surface area contributed by atoms with Gasteiger partial charge in [-0.15, -0.1) is 0 Å². The fourth-order valence-corrected chi connectivity index (χ4v) is 3.20. The standard InChI is InChI=1S/C22H24N2O5/c25-20(12-15-4-1-7-18(10-15)22(27)28)23-13-16-5-2-6-17(11-16)21(26)24-14-19-8-3-9-29-19/h1-2,4-7,10-11,19H,3,8-9,12-14H2,(H,23,25)(H,24,26)(H,27,28). The van der Waals surface area contributed by atoms with Gasteiger partial charge in [0.05, 0.1) is 18.1 Å². The van der Waals surface area contributed by atoms with E-state index in [1.54, 1.807) is 30.3 Å². The zero-order valence-electron chi connectivity index (χ0n) is 16.0. The molecule has 1 heterocycles. The Labute approximate surface area is 169 Å². The molecule has 29 heavy (non-hydrogen) atoms. The van der Waals surface area contributed by atoms with Crippen molar-refractivity contribution in [3.8, 4) is 0 Å². The summed E-state index contributed by atoms with van der Waals surface area (Å²) in [5.74, 6) is -1.42. The predicted octanol–water partition coefficient (Wildman–Crippen LogP) is 2.15. The molecule has 0 radical (unpaired) electrons. The molecular formula is C22H24N2O5. The Morgan fingerprint density at radius 1 is 1.00 bits per heavy atom. The van der Waals surface area contributed by atoms with E-state index in [2.05, 4.69) is 10.6 Å². The first-order chi connectivity index (χ1) is 14.0. The summed E-state index contributed by atoms with van der Waals surface area (Å²) in [5.41, 5.74) is 2.12. The first kappa shape index (κ1) is 20.5. The van der Waals surface area contributed by atoms with E-state index >= 15 is 0 Å². The lowest BCUT2D eigenvalue weighted by molar-refractivity contribution is -0.120. The Bertz CT molecular complexity index is 890. The van der Waals surface area contributed by atoms with Gasteiger partial charge in [0.25, 0.3) is 5.91 Å². The summed E-state index contributed by atoms with van der Waals surface area (Å²) in [6.07, 6.45) is 2.15. The number of nitrogens with one attached hydrogen (secondary N) is 2. The summed E-state index contributed by atoms with van der Waals surface area (Å²) >= 11 is 0. The number of carbonyl (C=O) groups excluding carboxylic acids is 2. The third-order valence-electron chi connectivity index (χ3n) is 4.73. The van der Waals surface area contributed by atoms with Gasteiger partial charge < -0.3 is 20.5 Å². The molecule has 0 aromatic heterocycles. The first-order valence-electron chi connectivity index (χ1n) is 9.59. The zero-order valence-corrected chi connectivity index (χ0v) is 16.0. The fourth-order valence-electron chi connectivity index (χ4n) is 3.20. The summed E-state index contributed by atoms with van der Waals surface area (Å²) in [6, 6.07) is 13.4. The molecule has 0 saturated carbocycles. The number of hydrogen-bond acceptors (Lipinski definition) is 4. The van der Waals surface area contributed by atoms with E-state index in [-0.39, 0.29) is 36.4 Å². The molecule has 152 valence electrons. The second-order valence-electron chi connectivity index (χ2n) is 7.00. The molecule has 3 rings (SSSR count). The number of carboxylic acid groups (broad SMARTS) is 1. The molecular weight excluding hydrogens is 372 g/mol. The van der Waals surface area contributed by atoms with E-state index in [0.717, 1.165) is 25.0 Å². The van der Waals surface area contributed by atoms with Gasteiger partial charge in [-0.2, -0.15) is 0 Å². The number of hydrogen-bond donors (Lipinski definition) is 3. The number of amides is 2. The minimum Gasteiger partial charge on any atom is -0.478 e. The normalized spacial score (nSPS) is 15.7. The van der Waals surface area contributed by atoms with Crippen LogP contribution in [0.1, 0.15) is 44.7 Å². The summed E-state index contributed by atoms with van der Waals surface area (Å²) in [7, 11) is 0. The number of benzene rings is 2. The van der Waals surface area contributed by atoms with Crippen molar-refractivity contribution in [2.45, 2.75) is 31.9 Å². The van der Waals surface area contributed by atoms with Crippen LogP contribution in [0.2, 0.25) is 0 Å². The van der Waals surface area contributed by atoms with Crippen LogP contribution in [0.3, 0.4) is 0 Å². The van der Waals surface area contributed by atoms with Crippen molar-refractivity contribution in [3.63, 3.8) is 0 Å². The smallest absolute Gasteiger partial charge is 0.335 e. The van der Waals surface area contributed by atoms with E-state index in [9.17, 15) is 14.4 Å². The van der Waals surface area contributed by atoms with E-state index in [0.29, 0.717) is 17.7 Å². The van der Waals surface area contributed by atoms with Gasteiger partial charge in [0, 0.05) is 25.3 Å². The Morgan fingerprint density at radius 2 is 1.72 bits per heavy atom. The number of aromatic carboxylic acids is 1. The van der Waals surface area contributed by atoms with Crippen molar-refractivity contribution >= 4 is 17.8 Å². The van der Waals surface area contributed by atoms with Crippen molar-refractivity contribution in [1.82, 2.24) is 10.6 Å². The highest BCUT2D eigenvalue weighted by Gasteiger charge is 2.16. The average Bonchev–Trinajstić information content (AvgIpc) is 3.24. The fraction of sp³-hybridized carbons (Fsp3) is 0.318. The lowest BCUT2D eigenvalue weighted by Gasteiger charge is -2.11. The molecule has 7 nitrogen and oxygen atoms in total. The molecule has 2 amide bonds. The molecule has 3 N–H and O–H groups in total. The molecule has 1 saturated heterocycles. The minimum absolute atomic E-state index is 0.0843. The lowest BCUT2D eigenvalue weighted by atomic mass is 10.1. The third-order valence-corrected chi connectivity index (χ3v) is 4.73. The molecule has 2 aromatic carbocycles. The highest BCUT2D eigenvalue weighted by Crippen LogP contribution is 2.11. The maximum absolute atomic E-state index is 12.3. The Kier molecular flexibility index (Phi) is 6.97. The summed E-state index contributed by atoms with van der Waals surface area (Å²) < 4.78 is 5.50. The minimum atomic E-state index is -1.03. The molecule has 2 aromatic rings. The quantitative estimate of drug-likeness (QED) is 0.634. The SMILES string of the molecule is O=C(Cc1cccc(C(=O)O)c1)NCc1cccc(C(=O)NCC2CCCO2)c1. The molecule has 0 aliphatic carbocycles. The summed E-state index contributed by atoms with van der Waals surface area (Å²) in [5, 5.41) is 14.7. The highest BCUT2D eigenvalue weighted by molar-refractivity contribution is 5.94. The highest BCUT2D eigenvalue weighted by atomic mass is 16.5. The van der Waals surface area contributed by atoms with Crippen LogP contribution >= 0.6 is 0 Å². The van der Waals surface area contributed by atoms with Gasteiger partial charge in [0.2, 0.25) is 5.91 Å². The maximum Gasteiger partial charge on any atom is 0.335 e. The number of carbonyl (C=O) groups is 3. The Morgan fingerprint density at radius 3 is 2.45 bits per heavy atom. The van der Waals surface area contributed by atoms with Gasteiger partial charge in [-0.1, -0.05) is 24.3 Å². The van der Waals surface area contributed by atoms with Gasteiger partial charge in [0.15, 0.2) is 0 Å². The molecule has 0 spiro atoms. The third kappa shape index (κ3) is 6.15. The van der Waals surface area contributed by atoms with E-state index < -0.39 is 5.97 Å². The second-order valence-corrected chi connectivity index (χ2v) is 7.00. The van der Waals surface area contributed by atoms with Crippen molar-refractivity contribution in [2.75, 3.05) is 13.2 Å². The molecule has 1 aliphatic rings. The lowest BCUT2D eigenvalue weighted by Crippen LogP contribution is -2.31. The zero-order chi connectivity index (χ0) is 20.6. The van der Waals surface area contributed by atoms with Crippen molar-refractivity contribution < 1.29 is 24.2 Å². The monoisotopic (exact) mass is 396 g/mol. The molecule has 1 unspecified atom stereocenters. The van der Waals surface area contributed by atoms with E-state index in [1.165, 1.54) is 12.1 Å². The van der Waals surface area contributed by atoms with Crippen LogP contribution in [0.15, 0.2) is 48.5 Å². The van der Waals surface area contributed by atoms with Gasteiger partial charge in [-0.05, 0) is 48.2 Å². The largest absolute Gasteiger partial charge is 0.478 e. The Hall–Kier alpha value is -3.19. The van der Waals surface area contributed by atoms with E-state index in [4.69, 9.17) is 9.84 Å². The van der Waals surface area contributed by atoms with Crippen LogP contribution in [-0.4, -0.2) is 42.1 Å². The van der Waals surface area contributed by atoms with Gasteiger partial charge in [-0.3, -0.25) is 9.59 Å². The van der Waals surface area contributed by atoms with Crippen LogP contribution in [0.4, 0.5) is 0 Å². The van der Waals surface area contributed by atoms with Gasteiger partial charge in [-0.25, -0.2) is 4.79 Å². The molecule has 1 fully saturated rings.